The molecule has 0 aliphatic carbocycles. The van der Waals surface area contributed by atoms with E-state index in [1.807, 2.05) is 45.0 Å². The largest absolute Gasteiger partial charge is 0.339 e. The van der Waals surface area contributed by atoms with Crippen LogP contribution in [0.2, 0.25) is 0 Å². The van der Waals surface area contributed by atoms with Gasteiger partial charge < -0.3 is 10.6 Å². The molecular weight excluding hydrogens is 312 g/mol. The summed E-state index contributed by atoms with van der Waals surface area (Å²) in [6.07, 6.45) is 3.04. The highest BCUT2D eigenvalue weighted by atomic mass is 16.1. The summed E-state index contributed by atoms with van der Waals surface area (Å²) in [7, 11) is 0. The number of carbonyl (C=O) groups excluding carboxylic acids is 1. The third kappa shape index (κ3) is 4.01. The van der Waals surface area contributed by atoms with Gasteiger partial charge in [0, 0.05) is 11.4 Å². The molecule has 3 rings (SSSR count). The molecule has 0 spiro atoms. The lowest BCUT2D eigenvalue weighted by Gasteiger charge is -2.10. The first kappa shape index (κ1) is 16.6. The van der Waals surface area contributed by atoms with Gasteiger partial charge in [0.15, 0.2) is 0 Å². The van der Waals surface area contributed by atoms with Gasteiger partial charge in [0.05, 0.1) is 12.4 Å². The smallest absolute Gasteiger partial charge is 0.275 e. The number of nitrogens with zero attached hydrogens (tertiary/aromatic N) is 2. The van der Waals surface area contributed by atoms with E-state index in [1.165, 1.54) is 6.20 Å². The van der Waals surface area contributed by atoms with Gasteiger partial charge in [-0.1, -0.05) is 30.3 Å². The van der Waals surface area contributed by atoms with Crippen molar-refractivity contribution in [3.05, 3.63) is 77.2 Å². The molecule has 0 saturated carbocycles. The second kappa shape index (κ2) is 7.13. The third-order valence-corrected chi connectivity index (χ3v) is 3.93. The second-order valence-corrected chi connectivity index (χ2v) is 6.00. The fourth-order valence-electron chi connectivity index (χ4n) is 2.42. The Bertz CT molecular complexity index is 904. The third-order valence-electron chi connectivity index (χ3n) is 3.93. The quantitative estimate of drug-likeness (QED) is 0.743. The Balaban J connectivity index is 1.72. The minimum absolute atomic E-state index is 0.273. The molecule has 0 atom stereocenters. The molecule has 0 saturated heterocycles. The second-order valence-electron chi connectivity index (χ2n) is 6.00. The Morgan fingerprint density at radius 1 is 0.880 bits per heavy atom. The summed E-state index contributed by atoms with van der Waals surface area (Å²) in [6.45, 7) is 6.01. The predicted molar refractivity (Wildman–Crippen MR) is 100 cm³/mol. The zero-order valence-electron chi connectivity index (χ0n) is 14.5. The average Bonchev–Trinajstić information content (AvgIpc) is 2.61. The number of rotatable bonds is 4. The highest BCUT2D eigenvalue weighted by Crippen LogP contribution is 2.20. The molecule has 1 amide bonds. The highest BCUT2D eigenvalue weighted by molar-refractivity contribution is 6.03. The Morgan fingerprint density at radius 2 is 1.64 bits per heavy atom. The van der Waals surface area contributed by atoms with Crippen molar-refractivity contribution in [1.82, 2.24) is 9.97 Å². The van der Waals surface area contributed by atoms with E-state index < -0.39 is 0 Å². The van der Waals surface area contributed by atoms with Crippen LogP contribution in [0.25, 0.3) is 0 Å². The number of para-hydroxylation sites is 1. The minimum Gasteiger partial charge on any atom is -0.339 e. The maximum Gasteiger partial charge on any atom is 0.275 e. The van der Waals surface area contributed by atoms with Gasteiger partial charge in [0.1, 0.15) is 11.5 Å². The standard InChI is InChI=1S/C20H20N4O/c1-13-8-9-15(3)17(10-13)23-19-12-21-18(11-22-19)20(25)24-16-7-5-4-6-14(16)2/h4-12H,1-3H3,(H,22,23)(H,24,25). The van der Waals surface area contributed by atoms with Gasteiger partial charge in [0.25, 0.3) is 5.91 Å². The predicted octanol–water partition coefficient (Wildman–Crippen LogP) is 4.40. The number of benzene rings is 2. The molecule has 0 aliphatic heterocycles. The number of nitrogens with one attached hydrogen (secondary N) is 2. The first-order chi connectivity index (χ1) is 12.0. The number of hydrogen-bond donors (Lipinski definition) is 2. The zero-order chi connectivity index (χ0) is 17.8. The SMILES string of the molecule is Cc1ccc(C)c(Nc2cnc(C(=O)Nc3ccccc3C)cn2)c1. The highest BCUT2D eigenvalue weighted by Gasteiger charge is 2.10. The normalized spacial score (nSPS) is 10.4. The van der Waals surface area contributed by atoms with Crippen molar-refractivity contribution in [2.45, 2.75) is 20.8 Å². The number of hydrogen-bond acceptors (Lipinski definition) is 4. The van der Waals surface area contributed by atoms with Crippen LogP contribution in [0.3, 0.4) is 0 Å². The van der Waals surface area contributed by atoms with E-state index in [4.69, 9.17) is 0 Å². The molecule has 0 fully saturated rings. The lowest BCUT2D eigenvalue weighted by atomic mass is 10.1. The van der Waals surface area contributed by atoms with E-state index in [-0.39, 0.29) is 11.6 Å². The molecule has 5 heteroatoms. The Kier molecular flexibility index (Phi) is 4.75. The zero-order valence-corrected chi connectivity index (χ0v) is 14.5. The summed E-state index contributed by atoms with van der Waals surface area (Å²) < 4.78 is 0. The van der Waals surface area contributed by atoms with Crippen molar-refractivity contribution in [3.8, 4) is 0 Å². The Labute approximate surface area is 147 Å². The average molecular weight is 332 g/mol. The molecule has 2 N–H and O–H groups in total. The van der Waals surface area contributed by atoms with Crippen molar-refractivity contribution in [2.24, 2.45) is 0 Å². The first-order valence-corrected chi connectivity index (χ1v) is 8.06. The summed E-state index contributed by atoms with van der Waals surface area (Å²) in [6, 6.07) is 13.8. The molecule has 0 radical (unpaired) electrons. The molecule has 2 aromatic carbocycles. The molecule has 0 unspecified atom stereocenters. The van der Waals surface area contributed by atoms with Crippen LogP contribution >= 0.6 is 0 Å². The van der Waals surface area contributed by atoms with Gasteiger partial charge in [-0.25, -0.2) is 9.97 Å². The van der Waals surface area contributed by atoms with Crippen LogP contribution in [-0.2, 0) is 0 Å². The molecule has 1 aromatic heterocycles. The van der Waals surface area contributed by atoms with Crippen molar-refractivity contribution in [3.63, 3.8) is 0 Å². The lowest BCUT2D eigenvalue weighted by molar-refractivity contribution is 0.102. The number of aryl methyl sites for hydroxylation is 3. The summed E-state index contributed by atoms with van der Waals surface area (Å²) in [5, 5.41) is 6.08. The Hall–Kier alpha value is -3.21. The van der Waals surface area contributed by atoms with E-state index in [9.17, 15) is 4.79 Å². The maximum atomic E-state index is 12.3. The van der Waals surface area contributed by atoms with E-state index >= 15 is 0 Å². The van der Waals surface area contributed by atoms with Crippen LogP contribution in [0, 0.1) is 20.8 Å². The van der Waals surface area contributed by atoms with Crippen LogP contribution in [0.4, 0.5) is 17.2 Å². The Morgan fingerprint density at radius 3 is 2.36 bits per heavy atom. The van der Waals surface area contributed by atoms with E-state index in [0.29, 0.717) is 5.82 Å². The van der Waals surface area contributed by atoms with Gasteiger partial charge in [-0.15, -0.1) is 0 Å². The van der Waals surface area contributed by atoms with Gasteiger partial charge in [0.2, 0.25) is 0 Å². The van der Waals surface area contributed by atoms with Crippen LogP contribution in [0.5, 0.6) is 0 Å². The summed E-state index contributed by atoms with van der Waals surface area (Å²) in [4.78, 5) is 20.8. The number of amides is 1. The number of aromatic nitrogens is 2. The molecule has 1 heterocycles. The lowest BCUT2D eigenvalue weighted by Crippen LogP contribution is -2.15. The molecular formula is C20H20N4O. The van der Waals surface area contributed by atoms with Crippen LogP contribution < -0.4 is 10.6 Å². The molecule has 3 aromatic rings. The van der Waals surface area contributed by atoms with Gasteiger partial charge >= 0.3 is 0 Å². The summed E-state index contributed by atoms with van der Waals surface area (Å²) in [5.74, 6) is 0.321. The van der Waals surface area contributed by atoms with Crippen molar-refractivity contribution in [1.29, 1.82) is 0 Å². The molecule has 25 heavy (non-hydrogen) atoms. The van der Waals surface area contributed by atoms with Crippen LogP contribution in [-0.4, -0.2) is 15.9 Å². The van der Waals surface area contributed by atoms with Crippen LogP contribution in [0.1, 0.15) is 27.2 Å². The van der Waals surface area contributed by atoms with E-state index in [0.717, 1.165) is 28.1 Å². The maximum absolute atomic E-state index is 12.3. The molecule has 126 valence electrons. The molecule has 5 nitrogen and oxygen atoms in total. The van der Waals surface area contributed by atoms with Crippen molar-refractivity contribution < 1.29 is 4.79 Å². The first-order valence-electron chi connectivity index (χ1n) is 8.06. The monoisotopic (exact) mass is 332 g/mol. The number of anilines is 3. The van der Waals surface area contributed by atoms with Crippen molar-refractivity contribution in [2.75, 3.05) is 10.6 Å². The van der Waals surface area contributed by atoms with E-state index in [2.05, 4.69) is 38.8 Å². The van der Waals surface area contributed by atoms with Crippen LogP contribution in [0.15, 0.2) is 54.9 Å². The minimum atomic E-state index is -0.278. The van der Waals surface area contributed by atoms with Crippen molar-refractivity contribution >= 4 is 23.1 Å². The molecule has 0 aliphatic rings. The summed E-state index contributed by atoms with van der Waals surface area (Å²) >= 11 is 0. The fourth-order valence-corrected chi connectivity index (χ4v) is 2.42. The van der Waals surface area contributed by atoms with Gasteiger partial charge in [-0.2, -0.15) is 0 Å². The topological polar surface area (TPSA) is 66.9 Å². The molecule has 0 bridgehead atoms. The summed E-state index contributed by atoms with van der Waals surface area (Å²) in [5.41, 5.74) is 5.30. The van der Waals surface area contributed by atoms with Gasteiger partial charge in [-0.3, -0.25) is 4.79 Å². The van der Waals surface area contributed by atoms with Gasteiger partial charge in [-0.05, 0) is 49.6 Å². The fraction of sp³-hybridized carbons (Fsp3) is 0.150. The number of carbonyl (C=O) groups is 1. The van der Waals surface area contributed by atoms with E-state index in [1.54, 1.807) is 6.20 Å².